The van der Waals surface area contributed by atoms with Crippen LogP contribution < -0.4 is 0 Å². The summed E-state index contributed by atoms with van der Waals surface area (Å²) >= 11 is 0. The van der Waals surface area contributed by atoms with Crippen LogP contribution in [0.1, 0.15) is 40.5 Å². The molecule has 1 heterocycles. The molecule has 56 valence electrons. The van der Waals surface area contributed by atoms with Crippen molar-refractivity contribution in [3.8, 4) is 0 Å². The first-order chi connectivity index (χ1) is 4.29. The van der Waals surface area contributed by atoms with E-state index in [1.165, 1.54) is 12.8 Å². The van der Waals surface area contributed by atoms with Gasteiger partial charge in [0.1, 0.15) is 0 Å². The first-order valence-electron chi connectivity index (χ1n) is 3.94. The Labute approximate surface area is 58.4 Å². The molecule has 1 nitrogen and oxygen atoms in total. The summed E-state index contributed by atoms with van der Waals surface area (Å²) < 4.78 is 5.36. The van der Waals surface area contributed by atoms with Crippen LogP contribution in [0, 0.1) is 0 Å². The molecule has 0 unspecified atom stereocenters. The zero-order valence-electron chi connectivity index (χ0n) is 6.98. The predicted molar refractivity (Wildman–Crippen MR) is 40.6 cm³/mol. The third-order valence-corrected chi connectivity index (χ3v) is 1.44. The van der Waals surface area contributed by atoms with Gasteiger partial charge in [0, 0.05) is 0 Å². The van der Waals surface area contributed by atoms with Crippen molar-refractivity contribution in [3.05, 3.63) is 0 Å². The van der Waals surface area contributed by atoms with Gasteiger partial charge in [-0.2, -0.15) is 0 Å². The van der Waals surface area contributed by atoms with Gasteiger partial charge in [-0.15, -0.1) is 0 Å². The zero-order chi connectivity index (χ0) is 7.28. The van der Waals surface area contributed by atoms with Crippen LogP contribution >= 0.6 is 0 Å². The second-order valence-corrected chi connectivity index (χ2v) is 2.33. The van der Waals surface area contributed by atoms with Crippen LogP contribution in [-0.4, -0.2) is 12.2 Å². The molecule has 0 aromatic heterocycles. The minimum Gasteiger partial charge on any atom is -0.376 e. The Hall–Kier alpha value is -0.0400. The smallest absolute Gasteiger partial charge is 0.0551 e. The Bertz CT molecular complexity index is 53.6. The highest BCUT2D eigenvalue weighted by atomic mass is 16.5. The molecular formula is C8H18O. The minimum atomic E-state index is 0.523. The molecule has 0 bridgehead atoms. The highest BCUT2D eigenvalue weighted by Crippen LogP contribution is 2.17. The van der Waals surface area contributed by atoms with Gasteiger partial charge in [-0.25, -0.2) is 0 Å². The summed E-state index contributed by atoms with van der Waals surface area (Å²) in [7, 11) is 0. The van der Waals surface area contributed by atoms with E-state index in [0.29, 0.717) is 12.2 Å². The molecule has 0 saturated carbocycles. The second-order valence-electron chi connectivity index (χ2n) is 2.33. The van der Waals surface area contributed by atoms with Gasteiger partial charge in [0.05, 0.1) is 12.2 Å². The van der Waals surface area contributed by atoms with Gasteiger partial charge in [0.2, 0.25) is 0 Å². The minimum absolute atomic E-state index is 0.523. The Kier molecular flexibility index (Phi) is 4.78. The summed E-state index contributed by atoms with van der Waals surface area (Å²) in [6, 6.07) is 0. The molecule has 1 fully saturated rings. The van der Waals surface area contributed by atoms with Gasteiger partial charge in [0.15, 0.2) is 0 Å². The van der Waals surface area contributed by atoms with E-state index >= 15 is 0 Å². The van der Waals surface area contributed by atoms with Crippen molar-refractivity contribution in [1.82, 2.24) is 0 Å². The molecule has 1 aliphatic heterocycles. The number of hydrogen-bond donors (Lipinski definition) is 0. The molecule has 0 aromatic rings. The van der Waals surface area contributed by atoms with Gasteiger partial charge < -0.3 is 4.74 Å². The third kappa shape index (κ3) is 3.52. The lowest BCUT2D eigenvalue weighted by molar-refractivity contribution is 0.0673. The van der Waals surface area contributed by atoms with E-state index in [1.807, 2.05) is 13.8 Å². The van der Waals surface area contributed by atoms with Crippen LogP contribution in [0.4, 0.5) is 0 Å². The van der Waals surface area contributed by atoms with Gasteiger partial charge in [-0.05, 0) is 26.7 Å². The average Bonchev–Trinajstić information content (AvgIpc) is 2.20. The normalized spacial score (nSPS) is 33.3. The van der Waals surface area contributed by atoms with Crippen molar-refractivity contribution in [1.29, 1.82) is 0 Å². The highest BCUT2D eigenvalue weighted by molar-refractivity contribution is 4.64. The van der Waals surface area contributed by atoms with Crippen molar-refractivity contribution in [2.24, 2.45) is 0 Å². The maximum absolute atomic E-state index is 5.36. The summed E-state index contributed by atoms with van der Waals surface area (Å²) in [6.07, 6.45) is 3.55. The lowest BCUT2D eigenvalue weighted by atomic mass is 10.2. The second kappa shape index (κ2) is 4.80. The summed E-state index contributed by atoms with van der Waals surface area (Å²) in [5.74, 6) is 0. The van der Waals surface area contributed by atoms with E-state index in [4.69, 9.17) is 4.74 Å². The summed E-state index contributed by atoms with van der Waals surface area (Å²) in [5.41, 5.74) is 0. The van der Waals surface area contributed by atoms with Gasteiger partial charge in [-0.1, -0.05) is 13.8 Å². The largest absolute Gasteiger partial charge is 0.376 e. The molecule has 1 heteroatoms. The topological polar surface area (TPSA) is 9.23 Å². The first kappa shape index (κ1) is 8.96. The monoisotopic (exact) mass is 130 g/mol. The van der Waals surface area contributed by atoms with Crippen molar-refractivity contribution >= 4 is 0 Å². The molecule has 1 aliphatic rings. The fraction of sp³-hybridized carbons (Fsp3) is 1.00. The van der Waals surface area contributed by atoms with Gasteiger partial charge in [0.25, 0.3) is 0 Å². The molecule has 0 N–H and O–H groups in total. The molecule has 1 rings (SSSR count). The standard InChI is InChI=1S/C6H12O.C2H6/c1-5-3-4-6(2)7-5;1-2/h5-6H,3-4H2,1-2H3;1-2H3/t5-,6+;. The van der Waals surface area contributed by atoms with Crippen LogP contribution in [0.2, 0.25) is 0 Å². The SMILES string of the molecule is CC.C[C@@H]1CC[C@H](C)O1. The molecule has 0 aliphatic carbocycles. The fourth-order valence-electron chi connectivity index (χ4n) is 1.00. The van der Waals surface area contributed by atoms with Crippen molar-refractivity contribution in [3.63, 3.8) is 0 Å². The lowest BCUT2D eigenvalue weighted by Crippen LogP contribution is -2.01. The number of hydrogen-bond acceptors (Lipinski definition) is 1. The number of ether oxygens (including phenoxy) is 1. The van der Waals surface area contributed by atoms with Crippen LogP contribution in [0.5, 0.6) is 0 Å². The first-order valence-corrected chi connectivity index (χ1v) is 3.94. The molecule has 9 heavy (non-hydrogen) atoms. The summed E-state index contributed by atoms with van der Waals surface area (Å²) in [5, 5.41) is 0. The maximum atomic E-state index is 5.36. The molecular weight excluding hydrogens is 112 g/mol. The lowest BCUT2D eigenvalue weighted by Gasteiger charge is -2.01. The fourth-order valence-corrected chi connectivity index (χ4v) is 1.00. The molecule has 0 radical (unpaired) electrons. The van der Waals surface area contributed by atoms with Crippen LogP contribution in [0.25, 0.3) is 0 Å². The quantitative estimate of drug-likeness (QED) is 0.489. The van der Waals surface area contributed by atoms with Crippen LogP contribution in [-0.2, 0) is 4.74 Å². The molecule has 0 amide bonds. The predicted octanol–water partition coefficient (Wildman–Crippen LogP) is 2.60. The highest BCUT2D eigenvalue weighted by Gasteiger charge is 2.16. The Morgan fingerprint density at radius 1 is 1.00 bits per heavy atom. The van der Waals surface area contributed by atoms with E-state index in [2.05, 4.69) is 13.8 Å². The van der Waals surface area contributed by atoms with E-state index in [9.17, 15) is 0 Å². The molecule has 2 atom stereocenters. The van der Waals surface area contributed by atoms with E-state index in [-0.39, 0.29) is 0 Å². The van der Waals surface area contributed by atoms with E-state index in [0.717, 1.165) is 0 Å². The van der Waals surface area contributed by atoms with Crippen LogP contribution in [0.15, 0.2) is 0 Å². The average molecular weight is 130 g/mol. The van der Waals surface area contributed by atoms with E-state index < -0.39 is 0 Å². The third-order valence-electron chi connectivity index (χ3n) is 1.44. The molecule has 0 aromatic carbocycles. The molecule has 1 saturated heterocycles. The van der Waals surface area contributed by atoms with Crippen LogP contribution in [0.3, 0.4) is 0 Å². The van der Waals surface area contributed by atoms with Gasteiger partial charge >= 0.3 is 0 Å². The van der Waals surface area contributed by atoms with Crippen molar-refractivity contribution < 1.29 is 4.74 Å². The van der Waals surface area contributed by atoms with Crippen molar-refractivity contribution in [2.45, 2.75) is 52.7 Å². The van der Waals surface area contributed by atoms with Crippen molar-refractivity contribution in [2.75, 3.05) is 0 Å². The van der Waals surface area contributed by atoms with E-state index in [1.54, 1.807) is 0 Å². The Morgan fingerprint density at radius 3 is 1.44 bits per heavy atom. The zero-order valence-corrected chi connectivity index (χ0v) is 6.98. The number of rotatable bonds is 0. The summed E-state index contributed by atoms with van der Waals surface area (Å²) in [4.78, 5) is 0. The summed E-state index contributed by atoms with van der Waals surface area (Å²) in [6.45, 7) is 8.26. The molecule has 0 spiro atoms. The Morgan fingerprint density at radius 2 is 1.33 bits per heavy atom. The van der Waals surface area contributed by atoms with Gasteiger partial charge in [-0.3, -0.25) is 0 Å². The Balaban J connectivity index is 0.000000291. The maximum Gasteiger partial charge on any atom is 0.0551 e.